The third-order valence-electron chi connectivity index (χ3n) is 10.8. The van der Waals surface area contributed by atoms with Crippen molar-refractivity contribution < 1.29 is 13.3 Å². The Morgan fingerprint density at radius 1 is 0.333 bits per heavy atom. The molecule has 0 bridgehead atoms. The average molecular weight is 733 g/mol. The SMILES string of the molecule is c1ccc(-c2nc(-c3cccc4oc5ccccc5c34)nc(-c3c(-c4cccc5ccc6nc(-c7ccccc7)oc6c45)ccc4oc5ccccc5c34)n2)cc1. The van der Waals surface area contributed by atoms with Gasteiger partial charge < -0.3 is 13.3 Å². The maximum Gasteiger partial charge on any atom is 0.227 e. The number of oxazole rings is 1. The smallest absolute Gasteiger partial charge is 0.227 e. The standard InChI is InChI=1S/C50H28N4O3/c1-3-13-30(14-4-1)47-52-48(36-21-12-24-40-43(36)34-18-7-9-22-38(34)55-40)54-49(53-47)45-33(26-28-41-44(45)35-19-8-10-23-39(35)56-41)32-20-11-17-29-25-27-37-46(42(29)32)57-50(51-37)31-15-5-2-6-16-31/h1-28H. The van der Waals surface area contributed by atoms with Crippen LogP contribution in [0.4, 0.5) is 0 Å². The highest BCUT2D eigenvalue weighted by molar-refractivity contribution is 6.19. The second kappa shape index (κ2) is 12.3. The Morgan fingerprint density at radius 2 is 0.947 bits per heavy atom. The Kier molecular flexibility index (Phi) is 6.79. The van der Waals surface area contributed by atoms with Gasteiger partial charge in [0.2, 0.25) is 5.89 Å². The molecular weight excluding hydrogens is 705 g/mol. The lowest BCUT2D eigenvalue weighted by Gasteiger charge is -2.15. The quantitative estimate of drug-likeness (QED) is 0.174. The van der Waals surface area contributed by atoms with E-state index in [1.165, 1.54) is 0 Å². The van der Waals surface area contributed by atoms with Gasteiger partial charge in [-0.3, -0.25) is 0 Å². The first-order valence-electron chi connectivity index (χ1n) is 18.8. The molecule has 0 atom stereocenters. The van der Waals surface area contributed by atoms with Crippen LogP contribution in [0.3, 0.4) is 0 Å². The molecule has 0 aliphatic heterocycles. The summed E-state index contributed by atoms with van der Waals surface area (Å²) in [6.07, 6.45) is 0. The zero-order valence-corrected chi connectivity index (χ0v) is 30.2. The van der Waals surface area contributed by atoms with E-state index < -0.39 is 0 Å². The average Bonchev–Trinajstić information content (AvgIpc) is 4.00. The molecule has 0 saturated heterocycles. The van der Waals surface area contributed by atoms with Crippen molar-refractivity contribution in [1.29, 1.82) is 0 Å². The van der Waals surface area contributed by atoms with Crippen molar-refractivity contribution in [2.75, 3.05) is 0 Å². The highest BCUT2D eigenvalue weighted by Gasteiger charge is 2.25. The van der Waals surface area contributed by atoms with E-state index in [1.807, 2.05) is 121 Å². The van der Waals surface area contributed by atoms with Gasteiger partial charge >= 0.3 is 0 Å². The molecule has 0 saturated carbocycles. The normalized spacial score (nSPS) is 11.9. The molecule has 0 aliphatic carbocycles. The molecule has 8 aromatic carbocycles. The van der Waals surface area contributed by atoms with Gasteiger partial charge in [0.25, 0.3) is 0 Å². The van der Waals surface area contributed by atoms with Gasteiger partial charge in [-0.15, -0.1) is 0 Å². The lowest BCUT2D eigenvalue weighted by molar-refractivity contribution is 0.623. The Bertz CT molecular complexity index is 3530. The van der Waals surface area contributed by atoms with E-state index in [2.05, 4.69) is 48.5 Å². The molecule has 12 aromatic rings. The van der Waals surface area contributed by atoms with Crippen molar-refractivity contribution >= 4 is 65.7 Å². The minimum absolute atomic E-state index is 0.516. The molecular formula is C50H28N4O3. The van der Waals surface area contributed by atoms with Gasteiger partial charge in [-0.1, -0.05) is 121 Å². The molecule has 0 spiro atoms. The second-order valence-corrected chi connectivity index (χ2v) is 14.1. The molecule has 7 heteroatoms. The van der Waals surface area contributed by atoms with Crippen LogP contribution in [-0.4, -0.2) is 19.9 Å². The van der Waals surface area contributed by atoms with Crippen LogP contribution < -0.4 is 0 Å². The van der Waals surface area contributed by atoms with E-state index in [0.717, 1.165) is 93.5 Å². The first-order chi connectivity index (χ1) is 28.2. The molecule has 0 aliphatic rings. The Morgan fingerprint density at radius 3 is 1.74 bits per heavy atom. The number of benzene rings is 8. The van der Waals surface area contributed by atoms with Crippen molar-refractivity contribution in [3.05, 3.63) is 170 Å². The maximum absolute atomic E-state index is 6.66. The molecule has 0 N–H and O–H groups in total. The number of furan rings is 2. The summed E-state index contributed by atoms with van der Waals surface area (Å²) in [6, 6.07) is 56.9. The van der Waals surface area contributed by atoms with Gasteiger partial charge in [0.15, 0.2) is 23.1 Å². The summed E-state index contributed by atoms with van der Waals surface area (Å²) in [5.41, 5.74) is 9.93. The molecule has 266 valence electrons. The van der Waals surface area contributed by atoms with E-state index in [9.17, 15) is 0 Å². The summed E-state index contributed by atoms with van der Waals surface area (Å²) in [5, 5.41) is 5.80. The fourth-order valence-electron chi connectivity index (χ4n) is 8.24. The van der Waals surface area contributed by atoms with Crippen molar-refractivity contribution in [3.8, 4) is 56.7 Å². The van der Waals surface area contributed by atoms with E-state index in [1.54, 1.807) is 0 Å². The first-order valence-corrected chi connectivity index (χ1v) is 18.8. The monoisotopic (exact) mass is 732 g/mol. The second-order valence-electron chi connectivity index (χ2n) is 14.1. The van der Waals surface area contributed by atoms with Crippen molar-refractivity contribution in [3.63, 3.8) is 0 Å². The van der Waals surface area contributed by atoms with Gasteiger partial charge in [-0.2, -0.15) is 0 Å². The molecule has 4 heterocycles. The van der Waals surface area contributed by atoms with Crippen molar-refractivity contribution in [1.82, 2.24) is 19.9 Å². The minimum Gasteiger partial charge on any atom is -0.456 e. The number of fused-ring (bicyclic) bond motifs is 9. The van der Waals surface area contributed by atoms with Crippen LogP contribution in [0.2, 0.25) is 0 Å². The molecule has 0 radical (unpaired) electrons. The van der Waals surface area contributed by atoms with Crippen LogP contribution in [0.25, 0.3) is 122 Å². The molecule has 7 nitrogen and oxygen atoms in total. The van der Waals surface area contributed by atoms with E-state index in [4.69, 9.17) is 33.2 Å². The molecule has 12 rings (SSSR count). The van der Waals surface area contributed by atoms with E-state index in [-0.39, 0.29) is 0 Å². The van der Waals surface area contributed by atoms with Crippen LogP contribution in [0.15, 0.2) is 183 Å². The third-order valence-corrected chi connectivity index (χ3v) is 10.8. The third kappa shape index (κ3) is 4.92. The fraction of sp³-hybridized carbons (Fsp3) is 0. The van der Waals surface area contributed by atoms with Crippen molar-refractivity contribution in [2.45, 2.75) is 0 Å². The van der Waals surface area contributed by atoms with Gasteiger partial charge in [0, 0.05) is 49.2 Å². The van der Waals surface area contributed by atoms with Crippen LogP contribution in [0, 0.1) is 0 Å². The summed E-state index contributed by atoms with van der Waals surface area (Å²) >= 11 is 0. The highest BCUT2D eigenvalue weighted by Crippen LogP contribution is 2.46. The largest absolute Gasteiger partial charge is 0.456 e. The molecule has 0 fully saturated rings. The number of nitrogens with zero attached hydrogens (tertiary/aromatic N) is 4. The summed E-state index contributed by atoms with van der Waals surface area (Å²) in [7, 11) is 0. The Hall–Kier alpha value is -7.90. The summed E-state index contributed by atoms with van der Waals surface area (Å²) in [4.78, 5) is 20.8. The number of para-hydroxylation sites is 2. The molecule has 0 unspecified atom stereocenters. The minimum atomic E-state index is 0.516. The number of aromatic nitrogens is 4. The lowest BCUT2D eigenvalue weighted by atomic mass is 9.91. The lowest BCUT2D eigenvalue weighted by Crippen LogP contribution is -2.02. The van der Waals surface area contributed by atoms with Crippen LogP contribution in [0.1, 0.15) is 0 Å². The number of hydrogen-bond donors (Lipinski definition) is 0. The number of rotatable bonds is 5. The van der Waals surface area contributed by atoms with Gasteiger partial charge in [-0.25, -0.2) is 19.9 Å². The Labute approximate surface area is 324 Å². The molecule has 0 amide bonds. The van der Waals surface area contributed by atoms with Crippen LogP contribution >= 0.6 is 0 Å². The summed E-state index contributed by atoms with van der Waals surface area (Å²) in [5.74, 6) is 2.18. The molecule has 57 heavy (non-hydrogen) atoms. The van der Waals surface area contributed by atoms with Gasteiger partial charge in [0.1, 0.15) is 27.8 Å². The van der Waals surface area contributed by atoms with Crippen molar-refractivity contribution in [2.24, 2.45) is 0 Å². The Balaban J connectivity index is 1.20. The zero-order chi connectivity index (χ0) is 37.5. The van der Waals surface area contributed by atoms with Gasteiger partial charge in [0.05, 0.1) is 0 Å². The van der Waals surface area contributed by atoms with Crippen LogP contribution in [0.5, 0.6) is 0 Å². The number of hydrogen-bond acceptors (Lipinski definition) is 7. The summed E-state index contributed by atoms with van der Waals surface area (Å²) < 4.78 is 19.5. The predicted molar refractivity (Wildman–Crippen MR) is 227 cm³/mol. The molecule has 4 aromatic heterocycles. The maximum atomic E-state index is 6.66. The van der Waals surface area contributed by atoms with Gasteiger partial charge in [-0.05, 0) is 65.0 Å². The summed E-state index contributed by atoms with van der Waals surface area (Å²) in [6.45, 7) is 0. The topological polar surface area (TPSA) is 91.0 Å². The predicted octanol–water partition coefficient (Wildman–Crippen LogP) is 13.3. The van der Waals surface area contributed by atoms with E-state index >= 15 is 0 Å². The fourth-order valence-corrected chi connectivity index (χ4v) is 8.24. The van der Waals surface area contributed by atoms with E-state index in [0.29, 0.717) is 28.9 Å². The highest BCUT2D eigenvalue weighted by atomic mass is 16.3. The van der Waals surface area contributed by atoms with Crippen LogP contribution in [-0.2, 0) is 0 Å². The first kappa shape index (κ1) is 31.5. The zero-order valence-electron chi connectivity index (χ0n) is 30.2.